The Balaban J connectivity index is 1.61. The fourth-order valence-corrected chi connectivity index (χ4v) is 2.96. The minimum atomic E-state index is -0.694. The molecular weight excluding hydrogens is 234 g/mol. The van der Waals surface area contributed by atoms with Crippen LogP contribution in [0.5, 0.6) is 0 Å². The van der Waals surface area contributed by atoms with Crippen LogP contribution >= 0.6 is 0 Å². The fraction of sp³-hybridized carbons (Fsp3) is 0.538. The second-order valence-corrected chi connectivity index (χ2v) is 5.23. The van der Waals surface area contributed by atoms with Gasteiger partial charge >= 0.3 is 5.97 Å². The maximum absolute atomic E-state index is 12.0. The molecule has 0 bridgehead atoms. The molecule has 2 heterocycles. The van der Waals surface area contributed by atoms with Crippen LogP contribution in [0.4, 0.5) is 0 Å². The van der Waals surface area contributed by atoms with Crippen LogP contribution < -0.4 is 0 Å². The van der Waals surface area contributed by atoms with Crippen LogP contribution in [-0.2, 0) is 4.79 Å². The summed E-state index contributed by atoms with van der Waals surface area (Å²) in [6, 6.07) is 3.35. The predicted molar refractivity (Wildman–Crippen MR) is 62.0 cm³/mol. The van der Waals surface area contributed by atoms with Crippen molar-refractivity contribution in [2.24, 2.45) is 11.3 Å². The SMILES string of the molecule is O=C(O)C1CC12CCN(C(=O)c1ccco1)CC2. The number of furan rings is 1. The number of carbonyl (C=O) groups excluding carboxylic acids is 1. The van der Waals surface area contributed by atoms with Crippen molar-refractivity contribution in [1.82, 2.24) is 4.90 Å². The van der Waals surface area contributed by atoms with Crippen molar-refractivity contribution in [1.29, 1.82) is 0 Å². The first kappa shape index (κ1) is 11.3. The lowest BCUT2D eigenvalue weighted by molar-refractivity contribution is -0.139. The normalized spacial score (nSPS) is 25.1. The second kappa shape index (κ2) is 3.86. The van der Waals surface area contributed by atoms with Crippen LogP contribution in [0, 0.1) is 11.3 Å². The third kappa shape index (κ3) is 1.70. The molecule has 1 atom stereocenters. The van der Waals surface area contributed by atoms with Gasteiger partial charge in [0.05, 0.1) is 12.2 Å². The van der Waals surface area contributed by atoms with Gasteiger partial charge in [-0.05, 0) is 36.8 Å². The lowest BCUT2D eigenvalue weighted by atomic mass is 9.90. The van der Waals surface area contributed by atoms with Crippen molar-refractivity contribution in [2.45, 2.75) is 19.3 Å². The van der Waals surface area contributed by atoms with Gasteiger partial charge in [0.25, 0.3) is 5.91 Å². The molecule has 1 aliphatic heterocycles. The van der Waals surface area contributed by atoms with E-state index in [1.54, 1.807) is 17.0 Å². The van der Waals surface area contributed by atoms with Crippen LogP contribution in [-0.4, -0.2) is 35.0 Å². The highest BCUT2D eigenvalue weighted by Crippen LogP contribution is 2.59. The highest BCUT2D eigenvalue weighted by atomic mass is 16.4. The van der Waals surface area contributed by atoms with Crippen LogP contribution in [0.15, 0.2) is 22.8 Å². The number of rotatable bonds is 2. The minimum Gasteiger partial charge on any atom is -0.481 e. The molecule has 1 saturated carbocycles. The Kier molecular flexibility index (Phi) is 2.43. The summed E-state index contributed by atoms with van der Waals surface area (Å²) >= 11 is 0. The molecule has 1 amide bonds. The predicted octanol–water partition coefficient (Wildman–Crippen LogP) is 1.61. The Bertz CT molecular complexity index is 471. The molecule has 0 aromatic carbocycles. The van der Waals surface area contributed by atoms with E-state index in [4.69, 9.17) is 9.52 Å². The van der Waals surface area contributed by atoms with Crippen molar-refractivity contribution >= 4 is 11.9 Å². The number of carbonyl (C=O) groups is 2. The molecule has 96 valence electrons. The number of nitrogens with zero attached hydrogens (tertiary/aromatic N) is 1. The van der Waals surface area contributed by atoms with Crippen molar-refractivity contribution in [2.75, 3.05) is 13.1 Å². The summed E-state index contributed by atoms with van der Waals surface area (Å²) in [5.41, 5.74) is -0.0359. The number of carboxylic acids is 1. The molecule has 2 aliphatic rings. The van der Waals surface area contributed by atoms with E-state index < -0.39 is 5.97 Å². The molecule has 2 fully saturated rings. The van der Waals surface area contributed by atoms with Gasteiger partial charge in [-0.2, -0.15) is 0 Å². The number of carboxylic acid groups (broad SMARTS) is 1. The summed E-state index contributed by atoms with van der Waals surface area (Å²) in [7, 11) is 0. The van der Waals surface area contributed by atoms with E-state index in [-0.39, 0.29) is 17.2 Å². The molecular formula is C13H15NO4. The van der Waals surface area contributed by atoms with Gasteiger partial charge in [-0.15, -0.1) is 0 Å². The summed E-state index contributed by atoms with van der Waals surface area (Å²) in [5, 5.41) is 9.00. The molecule has 5 heteroatoms. The summed E-state index contributed by atoms with van der Waals surface area (Å²) in [6.07, 6.45) is 3.83. The van der Waals surface area contributed by atoms with E-state index in [2.05, 4.69) is 0 Å². The first-order valence-electron chi connectivity index (χ1n) is 6.18. The van der Waals surface area contributed by atoms with Gasteiger partial charge in [0.1, 0.15) is 0 Å². The lowest BCUT2D eigenvalue weighted by Gasteiger charge is -2.32. The first-order chi connectivity index (χ1) is 8.62. The van der Waals surface area contributed by atoms with Crippen LogP contribution in [0.1, 0.15) is 29.8 Å². The number of hydrogen-bond acceptors (Lipinski definition) is 3. The van der Waals surface area contributed by atoms with E-state index in [1.165, 1.54) is 6.26 Å². The van der Waals surface area contributed by atoms with E-state index in [9.17, 15) is 9.59 Å². The lowest BCUT2D eigenvalue weighted by Crippen LogP contribution is -2.39. The van der Waals surface area contributed by atoms with Gasteiger partial charge in [-0.1, -0.05) is 0 Å². The molecule has 1 aromatic rings. The van der Waals surface area contributed by atoms with Crippen molar-refractivity contribution in [3.8, 4) is 0 Å². The quantitative estimate of drug-likeness (QED) is 0.864. The fourth-order valence-electron chi connectivity index (χ4n) is 2.96. The van der Waals surface area contributed by atoms with Crippen molar-refractivity contribution in [3.63, 3.8) is 0 Å². The molecule has 1 aliphatic carbocycles. The van der Waals surface area contributed by atoms with E-state index in [0.29, 0.717) is 18.8 Å². The Morgan fingerprint density at radius 1 is 1.39 bits per heavy atom. The maximum atomic E-state index is 12.0. The molecule has 1 N–H and O–H groups in total. The van der Waals surface area contributed by atoms with Gasteiger partial charge in [-0.25, -0.2) is 0 Å². The summed E-state index contributed by atoms with van der Waals surface area (Å²) < 4.78 is 5.09. The average Bonchev–Trinajstić information content (AvgIpc) is 2.84. The zero-order valence-corrected chi connectivity index (χ0v) is 9.96. The smallest absolute Gasteiger partial charge is 0.307 e. The third-order valence-electron chi connectivity index (χ3n) is 4.27. The molecule has 1 spiro atoms. The number of amides is 1. The summed E-state index contributed by atoms with van der Waals surface area (Å²) in [5.74, 6) is -0.627. The molecule has 18 heavy (non-hydrogen) atoms. The van der Waals surface area contributed by atoms with Gasteiger partial charge in [0.2, 0.25) is 0 Å². The third-order valence-corrected chi connectivity index (χ3v) is 4.27. The minimum absolute atomic E-state index is 0.0359. The van der Waals surface area contributed by atoms with E-state index in [1.807, 2.05) is 0 Å². The van der Waals surface area contributed by atoms with Gasteiger partial charge < -0.3 is 14.4 Å². The summed E-state index contributed by atoms with van der Waals surface area (Å²) in [6.45, 7) is 1.26. The monoisotopic (exact) mass is 249 g/mol. The van der Waals surface area contributed by atoms with E-state index in [0.717, 1.165) is 19.3 Å². The molecule has 0 radical (unpaired) electrons. The summed E-state index contributed by atoms with van der Waals surface area (Å²) in [4.78, 5) is 24.7. The average molecular weight is 249 g/mol. The van der Waals surface area contributed by atoms with E-state index >= 15 is 0 Å². The number of likely N-dealkylation sites (tertiary alicyclic amines) is 1. The number of hydrogen-bond donors (Lipinski definition) is 1. The van der Waals surface area contributed by atoms with Crippen molar-refractivity contribution < 1.29 is 19.1 Å². The Morgan fingerprint density at radius 2 is 2.11 bits per heavy atom. The second-order valence-electron chi connectivity index (χ2n) is 5.23. The molecule has 1 saturated heterocycles. The standard InChI is InChI=1S/C13H15NO4/c15-11(10-2-1-7-18-10)14-5-3-13(4-6-14)8-9(13)12(16)17/h1-2,7,9H,3-6,8H2,(H,16,17). The molecule has 1 aromatic heterocycles. The largest absolute Gasteiger partial charge is 0.481 e. The van der Waals surface area contributed by atoms with Gasteiger partial charge in [0.15, 0.2) is 5.76 Å². The van der Waals surface area contributed by atoms with Crippen LogP contribution in [0.3, 0.4) is 0 Å². The van der Waals surface area contributed by atoms with Crippen LogP contribution in [0.25, 0.3) is 0 Å². The Hall–Kier alpha value is -1.78. The topological polar surface area (TPSA) is 70.8 Å². The zero-order chi connectivity index (χ0) is 12.8. The van der Waals surface area contributed by atoms with Crippen molar-refractivity contribution in [3.05, 3.63) is 24.2 Å². The highest BCUT2D eigenvalue weighted by molar-refractivity contribution is 5.91. The van der Waals surface area contributed by atoms with Crippen LogP contribution in [0.2, 0.25) is 0 Å². The molecule has 1 unspecified atom stereocenters. The maximum Gasteiger partial charge on any atom is 0.307 e. The Morgan fingerprint density at radius 3 is 2.61 bits per heavy atom. The molecule has 5 nitrogen and oxygen atoms in total. The number of aliphatic carboxylic acids is 1. The van der Waals surface area contributed by atoms with Gasteiger partial charge in [-0.3, -0.25) is 9.59 Å². The zero-order valence-electron chi connectivity index (χ0n) is 9.96. The first-order valence-corrected chi connectivity index (χ1v) is 6.18. The highest BCUT2D eigenvalue weighted by Gasteiger charge is 2.59. The van der Waals surface area contributed by atoms with Gasteiger partial charge in [0, 0.05) is 13.1 Å². The molecule has 3 rings (SSSR count). The Labute approximate surface area is 104 Å². The number of piperidine rings is 1.